The number of halogens is 1. The average molecular weight is 421 g/mol. The van der Waals surface area contributed by atoms with Gasteiger partial charge in [0.25, 0.3) is 11.8 Å². The van der Waals surface area contributed by atoms with Gasteiger partial charge in [0.15, 0.2) is 0 Å². The van der Waals surface area contributed by atoms with Gasteiger partial charge in [-0.15, -0.1) is 0 Å². The molecule has 1 N–H and O–H groups in total. The number of amides is 2. The monoisotopic (exact) mass is 421 g/mol. The number of hydrogen-bond acceptors (Lipinski definition) is 4. The van der Waals surface area contributed by atoms with Gasteiger partial charge in [0.05, 0.1) is 11.3 Å². The molecule has 0 aliphatic carbocycles. The van der Waals surface area contributed by atoms with Crippen LogP contribution in [0, 0.1) is 19.7 Å². The average Bonchev–Trinajstić information content (AvgIpc) is 2.73. The Bertz CT molecular complexity index is 1130. The Morgan fingerprint density at radius 3 is 2.48 bits per heavy atom. The van der Waals surface area contributed by atoms with Gasteiger partial charge in [-0.1, -0.05) is 12.1 Å². The predicted molar refractivity (Wildman–Crippen MR) is 117 cm³/mol. The van der Waals surface area contributed by atoms with Crippen LogP contribution in [-0.4, -0.2) is 35.8 Å². The summed E-state index contributed by atoms with van der Waals surface area (Å²) in [5.74, 6) is -0.228. The van der Waals surface area contributed by atoms with Crippen molar-refractivity contribution >= 4 is 17.5 Å². The lowest BCUT2D eigenvalue weighted by molar-refractivity contribution is 0.0821. The second kappa shape index (κ2) is 9.38. The number of nitrogens with zero attached hydrogens (tertiary/aromatic N) is 2. The minimum Gasteiger partial charge on any atom is -0.489 e. The number of nitrogens with one attached hydrogen (secondary N) is 1. The standard InChI is InChI=1S/C24H24FN3O3/c1-15-12-19(31-14-17-6-5-7-18(25)13-17)8-10-21(15)27-23(29)20-9-11-22(26-16(20)2)24(30)28(3)4/h5-13H,14H2,1-4H3,(H,27,29). The van der Waals surface area contributed by atoms with Gasteiger partial charge in [-0.25, -0.2) is 9.37 Å². The van der Waals surface area contributed by atoms with Gasteiger partial charge in [0.1, 0.15) is 23.9 Å². The molecule has 31 heavy (non-hydrogen) atoms. The van der Waals surface area contributed by atoms with Gasteiger partial charge in [-0.2, -0.15) is 0 Å². The molecular formula is C24H24FN3O3. The first-order valence-electron chi connectivity index (χ1n) is 9.73. The van der Waals surface area contributed by atoms with E-state index in [1.54, 1.807) is 63.5 Å². The van der Waals surface area contributed by atoms with Crippen LogP contribution >= 0.6 is 0 Å². The van der Waals surface area contributed by atoms with Crippen molar-refractivity contribution in [2.75, 3.05) is 19.4 Å². The highest BCUT2D eigenvalue weighted by molar-refractivity contribution is 6.05. The molecule has 0 atom stereocenters. The van der Waals surface area contributed by atoms with E-state index in [0.29, 0.717) is 22.7 Å². The van der Waals surface area contributed by atoms with E-state index >= 15 is 0 Å². The molecule has 1 heterocycles. The van der Waals surface area contributed by atoms with Crippen molar-refractivity contribution in [1.29, 1.82) is 0 Å². The summed E-state index contributed by atoms with van der Waals surface area (Å²) in [6.45, 7) is 3.79. The summed E-state index contributed by atoms with van der Waals surface area (Å²) in [6, 6.07) is 14.7. The zero-order valence-corrected chi connectivity index (χ0v) is 17.9. The van der Waals surface area contributed by atoms with E-state index in [1.807, 2.05) is 6.92 Å². The van der Waals surface area contributed by atoms with E-state index in [9.17, 15) is 14.0 Å². The largest absolute Gasteiger partial charge is 0.489 e. The third kappa shape index (κ3) is 5.45. The Labute approximate surface area is 180 Å². The predicted octanol–water partition coefficient (Wildman–Crippen LogP) is 4.37. The lowest BCUT2D eigenvalue weighted by Crippen LogP contribution is -2.24. The van der Waals surface area contributed by atoms with E-state index in [2.05, 4.69) is 10.3 Å². The molecule has 0 bridgehead atoms. The summed E-state index contributed by atoms with van der Waals surface area (Å²) in [4.78, 5) is 30.4. The molecule has 0 radical (unpaired) electrons. The molecule has 3 rings (SSSR count). The Hall–Kier alpha value is -3.74. The highest BCUT2D eigenvalue weighted by Gasteiger charge is 2.16. The number of carbonyl (C=O) groups is 2. The Morgan fingerprint density at radius 2 is 1.84 bits per heavy atom. The molecule has 2 amide bonds. The smallest absolute Gasteiger partial charge is 0.271 e. The summed E-state index contributed by atoms with van der Waals surface area (Å²) in [5, 5.41) is 2.87. The maximum absolute atomic E-state index is 13.3. The van der Waals surface area contributed by atoms with E-state index < -0.39 is 0 Å². The van der Waals surface area contributed by atoms with Crippen LogP contribution in [0.1, 0.15) is 37.7 Å². The number of ether oxygens (including phenoxy) is 1. The third-order valence-electron chi connectivity index (χ3n) is 4.70. The minimum absolute atomic E-state index is 0.222. The molecule has 1 aromatic heterocycles. The molecule has 7 heteroatoms. The van der Waals surface area contributed by atoms with Crippen molar-refractivity contribution in [3.63, 3.8) is 0 Å². The van der Waals surface area contributed by atoms with Gasteiger partial charge in [-0.05, 0) is 67.4 Å². The summed E-state index contributed by atoms with van der Waals surface area (Å²) in [5.41, 5.74) is 3.33. The summed E-state index contributed by atoms with van der Waals surface area (Å²) < 4.78 is 19.0. The zero-order valence-electron chi connectivity index (χ0n) is 17.9. The number of rotatable bonds is 6. The van der Waals surface area contributed by atoms with Crippen LogP contribution in [-0.2, 0) is 6.61 Å². The molecule has 0 unspecified atom stereocenters. The molecule has 0 aliphatic rings. The van der Waals surface area contributed by atoms with Crippen molar-refractivity contribution in [3.8, 4) is 5.75 Å². The second-order valence-electron chi connectivity index (χ2n) is 7.38. The maximum atomic E-state index is 13.3. The number of aromatic nitrogens is 1. The number of benzene rings is 2. The van der Waals surface area contributed by atoms with Crippen LogP contribution in [0.2, 0.25) is 0 Å². The van der Waals surface area contributed by atoms with Crippen molar-refractivity contribution in [3.05, 3.63) is 88.5 Å². The van der Waals surface area contributed by atoms with Gasteiger partial charge in [0.2, 0.25) is 0 Å². The number of hydrogen-bond donors (Lipinski definition) is 1. The fourth-order valence-corrected chi connectivity index (χ4v) is 3.00. The highest BCUT2D eigenvalue weighted by Crippen LogP contribution is 2.23. The van der Waals surface area contributed by atoms with Crippen molar-refractivity contribution in [2.45, 2.75) is 20.5 Å². The van der Waals surface area contributed by atoms with Gasteiger partial charge >= 0.3 is 0 Å². The van der Waals surface area contributed by atoms with Crippen LogP contribution in [0.4, 0.5) is 10.1 Å². The first kappa shape index (κ1) is 22.0. The van der Waals surface area contributed by atoms with Crippen LogP contribution in [0.15, 0.2) is 54.6 Å². The van der Waals surface area contributed by atoms with Gasteiger partial charge in [-0.3, -0.25) is 9.59 Å². The normalized spacial score (nSPS) is 10.5. The van der Waals surface area contributed by atoms with Crippen LogP contribution < -0.4 is 10.1 Å². The summed E-state index contributed by atoms with van der Waals surface area (Å²) >= 11 is 0. The van der Waals surface area contributed by atoms with Crippen molar-refractivity contribution < 1.29 is 18.7 Å². The molecule has 0 aliphatic heterocycles. The molecule has 2 aromatic carbocycles. The van der Waals surface area contributed by atoms with E-state index in [-0.39, 0.29) is 29.9 Å². The molecular weight excluding hydrogens is 397 g/mol. The first-order chi connectivity index (χ1) is 14.7. The fourth-order valence-electron chi connectivity index (χ4n) is 3.00. The third-order valence-corrected chi connectivity index (χ3v) is 4.70. The van der Waals surface area contributed by atoms with E-state index in [4.69, 9.17) is 4.74 Å². The van der Waals surface area contributed by atoms with Crippen molar-refractivity contribution in [1.82, 2.24) is 9.88 Å². The van der Waals surface area contributed by atoms with Crippen LogP contribution in [0.25, 0.3) is 0 Å². The topological polar surface area (TPSA) is 71.5 Å². The van der Waals surface area contributed by atoms with Gasteiger partial charge < -0.3 is 15.0 Å². The Morgan fingerprint density at radius 1 is 1.06 bits per heavy atom. The fraction of sp³-hybridized carbons (Fsp3) is 0.208. The number of carbonyl (C=O) groups excluding carboxylic acids is 2. The summed E-state index contributed by atoms with van der Waals surface area (Å²) in [7, 11) is 3.29. The second-order valence-corrected chi connectivity index (χ2v) is 7.38. The number of anilines is 1. The molecule has 6 nitrogen and oxygen atoms in total. The lowest BCUT2D eigenvalue weighted by Gasteiger charge is -2.13. The number of pyridine rings is 1. The maximum Gasteiger partial charge on any atom is 0.271 e. The molecule has 160 valence electrons. The lowest BCUT2D eigenvalue weighted by atomic mass is 10.1. The summed E-state index contributed by atoms with van der Waals surface area (Å²) in [6.07, 6.45) is 0. The van der Waals surface area contributed by atoms with Gasteiger partial charge in [0, 0.05) is 19.8 Å². The van der Waals surface area contributed by atoms with Crippen LogP contribution in [0.5, 0.6) is 5.75 Å². The Kier molecular flexibility index (Phi) is 6.65. The molecule has 0 spiro atoms. The SMILES string of the molecule is Cc1cc(OCc2cccc(F)c2)ccc1NC(=O)c1ccc(C(=O)N(C)C)nc1C. The zero-order chi connectivity index (χ0) is 22.5. The minimum atomic E-state index is -0.314. The number of aryl methyl sites for hydroxylation is 2. The molecule has 0 saturated carbocycles. The highest BCUT2D eigenvalue weighted by atomic mass is 19.1. The quantitative estimate of drug-likeness (QED) is 0.642. The molecule has 0 fully saturated rings. The van der Waals surface area contributed by atoms with Crippen LogP contribution in [0.3, 0.4) is 0 Å². The van der Waals surface area contributed by atoms with E-state index in [0.717, 1.165) is 11.1 Å². The molecule has 0 saturated heterocycles. The molecule has 3 aromatic rings. The van der Waals surface area contributed by atoms with E-state index in [1.165, 1.54) is 17.0 Å². The first-order valence-corrected chi connectivity index (χ1v) is 9.73. The Balaban J connectivity index is 1.68. The van der Waals surface area contributed by atoms with Crippen molar-refractivity contribution in [2.24, 2.45) is 0 Å².